The fraction of sp³-hybridized carbons (Fsp3) is 0.0800. The summed E-state index contributed by atoms with van der Waals surface area (Å²) >= 11 is 1.98. The van der Waals surface area contributed by atoms with Crippen LogP contribution in [0.1, 0.15) is 11.1 Å². The van der Waals surface area contributed by atoms with Gasteiger partial charge in [0.25, 0.3) is 17.5 Å². The maximum atomic E-state index is 14.0. The quantitative estimate of drug-likeness (QED) is 0.135. The zero-order valence-corrected chi connectivity index (χ0v) is 21.2. The van der Waals surface area contributed by atoms with Gasteiger partial charge < -0.3 is 9.47 Å². The SMILES string of the molecule is COc1cc(/C=C2\C(=O)NC(=O)N(c3ccc([N+](=O)[O-])cc3)C2=O)cc(I)c1OCc1ccccc1F. The second-order valence-electron chi connectivity index (χ2n) is 7.65. The predicted octanol–water partition coefficient (Wildman–Crippen LogP) is 4.59. The van der Waals surface area contributed by atoms with Gasteiger partial charge in [-0.25, -0.2) is 14.1 Å². The van der Waals surface area contributed by atoms with E-state index in [9.17, 15) is 28.9 Å². The van der Waals surface area contributed by atoms with Gasteiger partial charge in [-0.05, 0) is 64.6 Å². The highest BCUT2D eigenvalue weighted by Gasteiger charge is 2.37. The average molecular weight is 617 g/mol. The largest absolute Gasteiger partial charge is 0.493 e. The van der Waals surface area contributed by atoms with Gasteiger partial charge in [0.2, 0.25) is 0 Å². The van der Waals surface area contributed by atoms with Gasteiger partial charge in [-0.15, -0.1) is 0 Å². The van der Waals surface area contributed by atoms with Crippen molar-refractivity contribution in [2.45, 2.75) is 6.61 Å². The fourth-order valence-corrected chi connectivity index (χ4v) is 4.29. The molecule has 0 aromatic heterocycles. The van der Waals surface area contributed by atoms with Crippen LogP contribution in [0.4, 0.5) is 20.6 Å². The summed E-state index contributed by atoms with van der Waals surface area (Å²) in [6, 6.07) is 13.1. The van der Waals surface area contributed by atoms with E-state index < -0.39 is 28.6 Å². The number of nitrogens with one attached hydrogen (secondary N) is 1. The Kier molecular flexibility index (Phi) is 7.47. The number of rotatable bonds is 7. The molecule has 10 nitrogen and oxygen atoms in total. The van der Waals surface area contributed by atoms with Gasteiger partial charge in [0.05, 0.1) is 21.3 Å². The Balaban J connectivity index is 1.64. The lowest BCUT2D eigenvalue weighted by atomic mass is 10.1. The number of anilines is 1. The number of carbonyl (C=O) groups excluding carboxylic acids is 3. The van der Waals surface area contributed by atoms with Crippen LogP contribution in [0.5, 0.6) is 11.5 Å². The highest BCUT2D eigenvalue weighted by molar-refractivity contribution is 14.1. The Bertz CT molecular complexity index is 1460. The van der Waals surface area contributed by atoms with Crippen LogP contribution in [-0.2, 0) is 16.2 Å². The van der Waals surface area contributed by atoms with Crippen LogP contribution >= 0.6 is 22.6 Å². The molecule has 37 heavy (non-hydrogen) atoms. The lowest BCUT2D eigenvalue weighted by molar-refractivity contribution is -0.384. The molecule has 0 radical (unpaired) electrons. The van der Waals surface area contributed by atoms with E-state index in [2.05, 4.69) is 5.32 Å². The van der Waals surface area contributed by atoms with Gasteiger partial charge in [0, 0.05) is 17.7 Å². The first kappa shape index (κ1) is 25.8. The zero-order valence-electron chi connectivity index (χ0n) is 19.1. The number of hydrogen-bond acceptors (Lipinski definition) is 7. The van der Waals surface area contributed by atoms with Gasteiger partial charge in [-0.2, -0.15) is 0 Å². The van der Waals surface area contributed by atoms with Crippen LogP contribution in [0.3, 0.4) is 0 Å². The second kappa shape index (κ2) is 10.7. The first-order valence-electron chi connectivity index (χ1n) is 10.6. The monoisotopic (exact) mass is 617 g/mol. The number of amides is 4. The minimum atomic E-state index is -0.981. The molecule has 188 valence electrons. The summed E-state index contributed by atoms with van der Waals surface area (Å²) in [6.45, 7) is -0.0489. The van der Waals surface area contributed by atoms with Crippen LogP contribution < -0.4 is 19.7 Å². The van der Waals surface area contributed by atoms with Gasteiger partial charge in [-0.3, -0.25) is 25.0 Å². The molecule has 1 aliphatic heterocycles. The molecule has 1 heterocycles. The molecular formula is C25H17FIN3O7. The van der Waals surface area contributed by atoms with Crippen LogP contribution in [0, 0.1) is 19.5 Å². The first-order valence-corrected chi connectivity index (χ1v) is 11.7. The number of hydrogen-bond donors (Lipinski definition) is 1. The van der Waals surface area contributed by atoms with Gasteiger partial charge in [0.15, 0.2) is 11.5 Å². The average Bonchev–Trinajstić information content (AvgIpc) is 2.86. The lowest BCUT2D eigenvalue weighted by Crippen LogP contribution is -2.54. The summed E-state index contributed by atoms with van der Waals surface area (Å²) in [5.41, 5.74) is 0.244. The molecule has 0 atom stereocenters. The zero-order chi connectivity index (χ0) is 26.7. The van der Waals surface area contributed by atoms with Crippen LogP contribution in [0.15, 0.2) is 66.2 Å². The Morgan fingerprint density at radius 1 is 1.11 bits per heavy atom. The van der Waals surface area contributed by atoms with E-state index in [1.54, 1.807) is 24.3 Å². The molecule has 1 N–H and O–H groups in total. The van der Waals surface area contributed by atoms with Crippen molar-refractivity contribution in [1.82, 2.24) is 5.32 Å². The van der Waals surface area contributed by atoms with Crippen LogP contribution in [0.25, 0.3) is 6.08 Å². The standard InChI is InChI=1S/C25H17FIN3O7/c1-36-21-12-14(11-20(27)22(21)37-13-15-4-2-3-5-19(15)26)10-18-23(31)28-25(33)29(24(18)32)16-6-8-17(9-7-16)30(34)35/h2-12H,13H2,1H3,(H,28,31,33)/b18-10+. The Labute approximate surface area is 223 Å². The number of imide groups is 2. The van der Waals surface area contributed by atoms with Crippen LogP contribution in [-0.4, -0.2) is 29.9 Å². The molecule has 0 saturated carbocycles. The van der Waals surface area contributed by atoms with E-state index in [4.69, 9.17) is 9.47 Å². The third-order valence-corrected chi connectivity index (χ3v) is 6.11. The summed E-state index contributed by atoms with van der Waals surface area (Å²) in [5, 5.41) is 13.0. The molecule has 0 bridgehead atoms. The molecule has 1 saturated heterocycles. The molecule has 3 aromatic rings. The molecule has 1 aliphatic rings. The number of halogens is 2. The van der Waals surface area contributed by atoms with Gasteiger partial charge >= 0.3 is 6.03 Å². The predicted molar refractivity (Wildman–Crippen MR) is 139 cm³/mol. The Hall–Kier alpha value is -4.33. The van der Waals surface area contributed by atoms with E-state index in [1.165, 1.54) is 37.5 Å². The highest BCUT2D eigenvalue weighted by atomic mass is 127. The van der Waals surface area contributed by atoms with Crippen molar-refractivity contribution >= 4 is 57.9 Å². The molecule has 0 unspecified atom stereocenters. The van der Waals surface area contributed by atoms with Crippen molar-refractivity contribution < 1.29 is 33.2 Å². The molecule has 3 aromatic carbocycles. The lowest BCUT2D eigenvalue weighted by Gasteiger charge is -2.26. The minimum absolute atomic E-state index is 0.0489. The minimum Gasteiger partial charge on any atom is -0.493 e. The number of benzene rings is 3. The Morgan fingerprint density at radius 2 is 1.81 bits per heavy atom. The van der Waals surface area contributed by atoms with Crippen molar-refractivity contribution in [3.63, 3.8) is 0 Å². The number of non-ortho nitro benzene ring substituents is 1. The number of nitro benzene ring substituents is 1. The molecule has 4 amide bonds. The van der Waals surface area contributed by atoms with Crippen LogP contribution in [0.2, 0.25) is 0 Å². The van der Waals surface area contributed by atoms with Crippen molar-refractivity contribution in [2.75, 3.05) is 12.0 Å². The van der Waals surface area contributed by atoms with Crippen molar-refractivity contribution in [3.05, 3.63) is 96.9 Å². The van der Waals surface area contributed by atoms with E-state index in [1.807, 2.05) is 22.6 Å². The second-order valence-corrected chi connectivity index (χ2v) is 8.81. The number of nitrogens with zero attached hydrogens (tertiary/aromatic N) is 2. The van der Waals surface area contributed by atoms with Crippen molar-refractivity contribution in [2.24, 2.45) is 0 Å². The van der Waals surface area contributed by atoms with Crippen molar-refractivity contribution in [1.29, 1.82) is 0 Å². The molecule has 12 heteroatoms. The third kappa shape index (κ3) is 5.43. The number of methoxy groups -OCH3 is 1. The normalized spacial score (nSPS) is 14.5. The topological polar surface area (TPSA) is 128 Å². The molecule has 0 aliphatic carbocycles. The smallest absolute Gasteiger partial charge is 0.335 e. The van der Waals surface area contributed by atoms with E-state index in [0.29, 0.717) is 25.3 Å². The number of ether oxygens (including phenoxy) is 2. The molecule has 1 fully saturated rings. The van der Waals surface area contributed by atoms with Gasteiger partial charge in [0.1, 0.15) is 18.0 Å². The van der Waals surface area contributed by atoms with E-state index in [-0.39, 0.29) is 29.3 Å². The van der Waals surface area contributed by atoms with E-state index >= 15 is 0 Å². The fourth-order valence-electron chi connectivity index (χ4n) is 3.51. The number of carbonyl (C=O) groups is 3. The number of nitro groups is 1. The number of barbiturate groups is 1. The molecule has 0 spiro atoms. The van der Waals surface area contributed by atoms with Gasteiger partial charge in [-0.1, -0.05) is 18.2 Å². The maximum Gasteiger partial charge on any atom is 0.335 e. The highest BCUT2D eigenvalue weighted by Crippen LogP contribution is 2.36. The Morgan fingerprint density at radius 3 is 2.46 bits per heavy atom. The summed E-state index contributed by atoms with van der Waals surface area (Å²) < 4.78 is 25.7. The summed E-state index contributed by atoms with van der Waals surface area (Å²) in [6.07, 6.45) is 1.29. The first-order chi connectivity index (χ1) is 17.7. The third-order valence-electron chi connectivity index (χ3n) is 5.31. The van der Waals surface area contributed by atoms with Crippen molar-refractivity contribution in [3.8, 4) is 11.5 Å². The molecular weight excluding hydrogens is 600 g/mol. The summed E-state index contributed by atoms with van der Waals surface area (Å²) in [4.78, 5) is 49.0. The molecule has 4 rings (SSSR count). The maximum absolute atomic E-state index is 14.0. The van der Waals surface area contributed by atoms with E-state index in [0.717, 1.165) is 12.1 Å². The number of urea groups is 1. The summed E-state index contributed by atoms with van der Waals surface area (Å²) in [7, 11) is 1.41. The summed E-state index contributed by atoms with van der Waals surface area (Å²) in [5.74, 6) is -1.59.